The van der Waals surface area contributed by atoms with Crippen molar-refractivity contribution in [2.24, 2.45) is 0 Å². The molecule has 0 aliphatic carbocycles. The van der Waals surface area contributed by atoms with Gasteiger partial charge in [0.1, 0.15) is 5.82 Å². The smallest absolute Gasteiger partial charge is 0.125 e. The van der Waals surface area contributed by atoms with Crippen LogP contribution >= 0.6 is 11.6 Å². The Morgan fingerprint density at radius 2 is 2.18 bits per heavy atom. The molecule has 0 saturated carbocycles. The summed E-state index contributed by atoms with van der Waals surface area (Å²) in [6.45, 7) is 0. The number of nitrogens with zero attached hydrogens (tertiary/aromatic N) is 1. The summed E-state index contributed by atoms with van der Waals surface area (Å²) in [5.41, 5.74) is 1.36. The van der Waals surface area contributed by atoms with Crippen molar-refractivity contribution >= 4 is 11.6 Å². The molecule has 1 atom stereocenters. The molecule has 1 aromatic carbocycles. The van der Waals surface area contributed by atoms with E-state index >= 15 is 0 Å². The molecule has 2 aromatic rings. The van der Waals surface area contributed by atoms with E-state index in [1.54, 1.807) is 24.5 Å². The van der Waals surface area contributed by atoms with Crippen LogP contribution in [0.25, 0.3) is 0 Å². The fraction of sp³-hybridized carbons (Fsp3) is 0.154. The molecule has 1 heterocycles. The molecule has 0 radical (unpaired) electrons. The summed E-state index contributed by atoms with van der Waals surface area (Å²) in [5, 5.41) is 10.3. The molecule has 1 N–H and O–H groups in total. The lowest BCUT2D eigenvalue weighted by Gasteiger charge is -2.11. The maximum Gasteiger partial charge on any atom is 0.125 e. The number of pyridine rings is 1. The van der Waals surface area contributed by atoms with Crippen LogP contribution < -0.4 is 0 Å². The van der Waals surface area contributed by atoms with E-state index < -0.39 is 11.9 Å². The number of rotatable bonds is 3. The standard InChI is InChI=1S/C13H11ClFNO/c14-11-5-10(6-12(15)7-11)13(17)4-9-2-1-3-16-8-9/h1-3,5-8,13,17H,4H2. The van der Waals surface area contributed by atoms with E-state index in [4.69, 9.17) is 11.6 Å². The van der Waals surface area contributed by atoms with Gasteiger partial charge in [-0.1, -0.05) is 17.7 Å². The fourth-order valence-corrected chi connectivity index (χ4v) is 1.86. The van der Waals surface area contributed by atoms with E-state index in [0.717, 1.165) is 5.56 Å². The lowest BCUT2D eigenvalue weighted by atomic mass is 10.0. The monoisotopic (exact) mass is 251 g/mol. The van der Waals surface area contributed by atoms with Gasteiger partial charge in [0, 0.05) is 23.8 Å². The summed E-state index contributed by atoms with van der Waals surface area (Å²) >= 11 is 5.73. The summed E-state index contributed by atoms with van der Waals surface area (Å²) in [7, 11) is 0. The van der Waals surface area contributed by atoms with Crippen LogP contribution in [0.1, 0.15) is 17.2 Å². The molecule has 0 fully saturated rings. The highest BCUT2D eigenvalue weighted by Gasteiger charge is 2.10. The second kappa shape index (κ2) is 5.25. The Labute approximate surface area is 104 Å². The lowest BCUT2D eigenvalue weighted by Crippen LogP contribution is -2.02. The topological polar surface area (TPSA) is 33.1 Å². The van der Waals surface area contributed by atoms with Gasteiger partial charge in [-0.15, -0.1) is 0 Å². The maximum absolute atomic E-state index is 13.1. The van der Waals surface area contributed by atoms with Gasteiger partial charge < -0.3 is 5.11 Å². The van der Waals surface area contributed by atoms with Crippen LogP contribution in [-0.4, -0.2) is 10.1 Å². The van der Waals surface area contributed by atoms with E-state index in [-0.39, 0.29) is 5.02 Å². The Hall–Kier alpha value is -1.45. The predicted octanol–water partition coefficient (Wildman–Crippen LogP) is 3.15. The minimum Gasteiger partial charge on any atom is -0.388 e. The molecule has 2 rings (SSSR count). The van der Waals surface area contributed by atoms with Gasteiger partial charge in [0.25, 0.3) is 0 Å². The number of halogens is 2. The Kier molecular flexibility index (Phi) is 3.71. The third-order valence-electron chi connectivity index (χ3n) is 2.42. The summed E-state index contributed by atoms with van der Waals surface area (Å²) in [4.78, 5) is 3.96. The second-order valence-electron chi connectivity index (χ2n) is 3.78. The van der Waals surface area contributed by atoms with Gasteiger partial charge in [0.05, 0.1) is 6.10 Å². The van der Waals surface area contributed by atoms with E-state index in [1.165, 1.54) is 12.1 Å². The van der Waals surface area contributed by atoms with Crippen molar-refractivity contribution < 1.29 is 9.50 Å². The largest absolute Gasteiger partial charge is 0.388 e. The highest BCUT2D eigenvalue weighted by Crippen LogP contribution is 2.22. The number of aromatic nitrogens is 1. The van der Waals surface area contributed by atoms with Crippen LogP contribution in [0.4, 0.5) is 4.39 Å². The summed E-state index contributed by atoms with van der Waals surface area (Å²) in [6, 6.07) is 7.71. The van der Waals surface area contributed by atoms with Crippen LogP contribution in [0.5, 0.6) is 0 Å². The molecule has 1 unspecified atom stereocenters. The van der Waals surface area contributed by atoms with Crippen molar-refractivity contribution in [3.63, 3.8) is 0 Å². The van der Waals surface area contributed by atoms with Crippen molar-refractivity contribution in [2.45, 2.75) is 12.5 Å². The van der Waals surface area contributed by atoms with E-state index in [2.05, 4.69) is 4.98 Å². The Morgan fingerprint density at radius 1 is 1.35 bits per heavy atom. The molecule has 17 heavy (non-hydrogen) atoms. The average Bonchev–Trinajstić information content (AvgIpc) is 2.29. The number of aliphatic hydroxyl groups excluding tert-OH is 1. The van der Waals surface area contributed by atoms with Crippen molar-refractivity contribution in [2.75, 3.05) is 0 Å². The molecule has 88 valence electrons. The zero-order valence-corrected chi connectivity index (χ0v) is 9.73. The van der Waals surface area contributed by atoms with Crippen molar-refractivity contribution in [3.05, 3.63) is 64.7 Å². The molecular weight excluding hydrogens is 241 g/mol. The highest BCUT2D eigenvalue weighted by molar-refractivity contribution is 6.30. The number of hydrogen-bond donors (Lipinski definition) is 1. The molecule has 2 nitrogen and oxygen atoms in total. The average molecular weight is 252 g/mol. The molecule has 4 heteroatoms. The summed E-state index contributed by atoms with van der Waals surface area (Å²) < 4.78 is 13.1. The van der Waals surface area contributed by atoms with Gasteiger partial charge in [-0.05, 0) is 35.4 Å². The van der Waals surface area contributed by atoms with Crippen LogP contribution in [0.15, 0.2) is 42.7 Å². The zero-order chi connectivity index (χ0) is 12.3. The van der Waals surface area contributed by atoms with E-state index in [1.807, 2.05) is 6.07 Å². The van der Waals surface area contributed by atoms with E-state index in [9.17, 15) is 9.50 Å². The highest BCUT2D eigenvalue weighted by atomic mass is 35.5. The van der Waals surface area contributed by atoms with Gasteiger partial charge in [0.15, 0.2) is 0 Å². The van der Waals surface area contributed by atoms with Crippen LogP contribution in [-0.2, 0) is 6.42 Å². The van der Waals surface area contributed by atoms with Crippen LogP contribution in [0.2, 0.25) is 5.02 Å². The minimum atomic E-state index is -0.785. The quantitative estimate of drug-likeness (QED) is 0.909. The van der Waals surface area contributed by atoms with Gasteiger partial charge in [-0.2, -0.15) is 0 Å². The second-order valence-corrected chi connectivity index (χ2v) is 4.22. The van der Waals surface area contributed by atoms with Gasteiger partial charge in [0.2, 0.25) is 0 Å². The third kappa shape index (κ3) is 3.25. The predicted molar refractivity (Wildman–Crippen MR) is 64.3 cm³/mol. The van der Waals surface area contributed by atoms with Crippen LogP contribution in [0.3, 0.4) is 0 Å². The molecule has 0 amide bonds. The molecule has 0 aliphatic rings. The summed E-state index contributed by atoms with van der Waals surface area (Å²) in [5.74, 6) is -0.447. The zero-order valence-electron chi connectivity index (χ0n) is 8.98. The minimum absolute atomic E-state index is 0.283. The first-order chi connectivity index (χ1) is 8.15. The fourth-order valence-electron chi connectivity index (χ4n) is 1.63. The number of hydrogen-bond acceptors (Lipinski definition) is 2. The number of benzene rings is 1. The lowest BCUT2D eigenvalue weighted by molar-refractivity contribution is 0.178. The first-order valence-electron chi connectivity index (χ1n) is 5.18. The summed E-state index contributed by atoms with van der Waals surface area (Å²) in [6.07, 6.45) is 2.93. The van der Waals surface area contributed by atoms with Gasteiger partial charge >= 0.3 is 0 Å². The normalized spacial score (nSPS) is 12.4. The van der Waals surface area contributed by atoms with Gasteiger partial charge in [-0.3, -0.25) is 4.98 Å². The Balaban J connectivity index is 2.17. The first-order valence-corrected chi connectivity index (χ1v) is 5.56. The van der Waals surface area contributed by atoms with E-state index in [0.29, 0.717) is 12.0 Å². The molecule has 0 spiro atoms. The molecule has 1 aromatic heterocycles. The van der Waals surface area contributed by atoms with Crippen molar-refractivity contribution in [1.82, 2.24) is 4.98 Å². The van der Waals surface area contributed by atoms with Gasteiger partial charge in [-0.25, -0.2) is 4.39 Å². The molecule has 0 saturated heterocycles. The molecular formula is C13H11ClFNO. The third-order valence-corrected chi connectivity index (χ3v) is 2.64. The van der Waals surface area contributed by atoms with Crippen molar-refractivity contribution in [3.8, 4) is 0 Å². The SMILES string of the molecule is OC(Cc1cccnc1)c1cc(F)cc(Cl)c1. The maximum atomic E-state index is 13.1. The Morgan fingerprint density at radius 3 is 2.82 bits per heavy atom. The molecule has 0 aliphatic heterocycles. The van der Waals surface area contributed by atoms with Crippen LogP contribution in [0, 0.1) is 5.82 Å². The molecule has 0 bridgehead atoms. The number of aliphatic hydroxyl groups is 1. The van der Waals surface area contributed by atoms with Crippen molar-refractivity contribution in [1.29, 1.82) is 0 Å². The Bertz CT molecular complexity index is 484. The first kappa shape index (κ1) is 12.0.